The summed E-state index contributed by atoms with van der Waals surface area (Å²) in [5.41, 5.74) is 3.13. The lowest BCUT2D eigenvalue weighted by atomic mass is 10.0. The van der Waals surface area contributed by atoms with Crippen molar-refractivity contribution in [1.82, 2.24) is 0 Å². The van der Waals surface area contributed by atoms with Gasteiger partial charge in [0.2, 0.25) is 0 Å². The molecule has 0 aromatic heterocycles. The third-order valence-corrected chi connectivity index (χ3v) is 5.31. The van der Waals surface area contributed by atoms with Gasteiger partial charge in [0, 0.05) is 23.5 Å². The minimum absolute atomic E-state index is 0.119. The first-order chi connectivity index (χ1) is 14.7. The molecule has 1 saturated heterocycles. The molecule has 2 nitrogen and oxygen atoms in total. The number of aryl methyl sites for hydroxylation is 1. The molecule has 152 valence electrons. The van der Waals surface area contributed by atoms with E-state index >= 15 is 0 Å². The maximum Gasteiger partial charge on any atom is 0.157 e. The van der Waals surface area contributed by atoms with Crippen molar-refractivity contribution in [3.63, 3.8) is 0 Å². The fourth-order valence-corrected chi connectivity index (χ4v) is 3.60. The van der Waals surface area contributed by atoms with E-state index in [0.29, 0.717) is 5.92 Å². The molecule has 0 N–H and O–H groups in total. The van der Waals surface area contributed by atoms with E-state index in [4.69, 9.17) is 9.47 Å². The van der Waals surface area contributed by atoms with Gasteiger partial charge in [-0.25, -0.2) is 4.39 Å². The number of benzene rings is 3. The first-order valence-corrected chi connectivity index (χ1v) is 10.3. The lowest BCUT2D eigenvalue weighted by Gasteiger charge is -2.28. The maximum atomic E-state index is 13.3. The standard InChI is InChI=1S/C27H25FO2/c1-2-3-23-18-29-27(30-19-23)15-11-21-6-4-20(5-7-21)8-9-22-10-12-25-17-26(28)14-13-24(25)16-22/h2,4-7,10,12-14,16-17,23,27H,1,3,11,15,18-19H2. The van der Waals surface area contributed by atoms with Gasteiger partial charge >= 0.3 is 0 Å². The van der Waals surface area contributed by atoms with Crippen LogP contribution in [0.4, 0.5) is 4.39 Å². The normalized spacial score (nSPS) is 18.6. The largest absolute Gasteiger partial charge is 0.352 e. The lowest BCUT2D eigenvalue weighted by Crippen LogP contribution is -2.32. The Bertz CT molecular complexity index is 1070. The Morgan fingerprint density at radius 1 is 0.900 bits per heavy atom. The van der Waals surface area contributed by atoms with Crippen molar-refractivity contribution in [2.75, 3.05) is 13.2 Å². The zero-order valence-electron chi connectivity index (χ0n) is 16.9. The summed E-state index contributed by atoms with van der Waals surface area (Å²) in [5, 5.41) is 1.87. The highest BCUT2D eigenvalue weighted by Gasteiger charge is 2.20. The number of allylic oxidation sites excluding steroid dienone is 1. The third kappa shape index (κ3) is 5.36. The van der Waals surface area contributed by atoms with Crippen molar-refractivity contribution in [3.05, 3.63) is 95.8 Å². The highest BCUT2D eigenvalue weighted by atomic mass is 19.1. The molecule has 3 heteroatoms. The summed E-state index contributed by atoms with van der Waals surface area (Å²) in [7, 11) is 0. The van der Waals surface area contributed by atoms with Crippen molar-refractivity contribution < 1.29 is 13.9 Å². The van der Waals surface area contributed by atoms with Crippen LogP contribution in [0.25, 0.3) is 10.8 Å². The molecule has 4 rings (SSSR count). The monoisotopic (exact) mass is 400 g/mol. The van der Waals surface area contributed by atoms with Gasteiger partial charge < -0.3 is 9.47 Å². The van der Waals surface area contributed by atoms with Gasteiger partial charge in [0.25, 0.3) is 0 Å². The predicted molar refractivity (Wildman–Crippen MR) is 119 cm³/mol. The first-order valence-electron chi connectivity index (χ1n) is 10.3. The summed E-state index contributed by atoms with van der Waals surface area (Å²) in [6.07, 6.45) is 4.50. The molecule has 1 aliphatic rings. The van der Waals surface area contributed by atoms with Crippen molar-refractivity contribution in [1.29, 1.82) is 0 Å². The van der Waals surface area contributed by atoms with Gasteiger partial charge in [0.05, 0.1) is 13.2 Å². The van der Waals surface area contributed by atoms with Gasteiger partial charge in [-0.1, -0.05) is 42.2 Å². The molecule has 1 heterocycles. The summed E-state index contributed by atoms with van der Waals surface area (Å²) < 4.78 is 24.9. The molecule has 0 unspecified atom stereocenters. The smallest absolute Gasteiger partial charge is 0.157 e. The number of ether oxygens (including phenoxy) is 2. The minimum atomic E-state index is -0.222. The molecule has 1 aliphatic heterocycles. The molecule has 0 bridgehead atoms. The van der Waals surface area contributed by atoms with Crippen LogP contribution in [-0.2, 0) is 15.9 Å². The second-order valence-corrected chi connectivity index (χ2v) is 7.68. The molecule has 1 fully saturated rings. The second-order valence-electron chi connectivity index (χ2n) is 7.68. The fraction of sp³-hybridized carbons (Fsp3) is 0.259. The van der Waals surface area contributed by atoms with Gasteiger partial charge in [-0.3, -0.25) is 0 Å². The van der Waals surface area contributed by atoms with Crippen molar-refractivity contribution in [2.24, 2.45) is 5.92 Å². The van der Waals surface area contributed by atoms with E-state index in [2.05, 4.69) is 30.6 Å². The summed E-state index contributed by atoms with van der Waals surface area (Å²) in [6, 6.07) is 18.9. The van der Waals surface area contributed by atoms with Crippen LogP contribution < -0.4 is 0 Å². The molecule has 0 saturated carbocycles. The van der Waals surface area contributed by atoms with E-state index in [1.807, 2.05) is 36.4 Å². The van der Waals surface area contributed by atoms with Gasteiger partial charge in [-0.2, -0.15) is 0 Å². The van der Waals surface area contributed by atoms with E-state index in [-0.39, 0.29) is 12.1 Å². The molecule has 3 aromatic carbocycles. The highest BCUT2D eigenvalue weighted by molar-refractivity contribution is 5.83. The van der Waals surface area contributed by atoms with E-state index in [1.54, 1.807) is 6.07 Å². The maximum absolute atomic E-state index is 13.3. The molecule has 3 aromatic rings. The molecule has 0 atom stereocenters. The summed E-state index contributed by atoms with van der Waals surface area (Å²) in [4.78, 5) is 0. The third-order valence-electron chi connectivity index (χ3n) is 5.31. The topological polar surface area (TPSA) is 18.5 Å². The Morgan fingerprint density at radius 3 is 2.33 bits per heavy atom. The van der Waals surface area contributed by atoms with Gasteiger partial charge in [0.15, 0.2) is 6.29 Å². The average Bonchev–Trinajstić information content (AvgIpc) is 2.78. The van der Waals surface area contributed by atoms with Crippen LogP contribution in [0.15, 0.2) is 73.3 Å². The van der Waals surface area contributed by atoms with Gasteiger partial charge in [-0.15, -0.1) is 6.58 Å². The van der Waals surface area contributed by atoms with Crippen LogP contribution >= 0.6 is 0 Å². The Morgan fingerprint density at radius 2 is 1.57 bits per heavy atom. The van der Waals surface area contributed by atoms with E-state index in [0.717, 1.165) is 54.4 Å². The molecule has 0 amide bonds. The van der Waals surface area contributed by atoms with E-state index in [1.165, 1.54) is 17.7 Å². The summed E-state index contributed by atoms with van der Waals surface area (Å²) in [5.74, 6) is 6.61. The van der Waals surface area contributed by atoms with Gasteiger partial charge in [-0.05, 0) is 65.6 Å². The van der Waals surface area contributed by atoms with Crippen LogP contribution in [0, 0.1) is 23.6 Å². The van der Waals surface area contributed by atoms with Crippen LogP contribution in [0.3, 0.4) is 0 Å². The Balaban J connectivity index is 1.32. The Kier molecular flexibility index (Phi) is 6.59. The number of rotatable bonds is 5. The lowest BCUT2D eigenvalue weighted by molar-refractivity contribution is -0.201. The number of halogens is 1. The van der Waals surface area contributed by atoms with Crippen molar-refractivity contribution >= 4 is 10.8 Å². The van der Waals surface area contributed by atoms with Crippen molar-refractivity contribution in [3.8, 4) is 11.8 Å². The van der Waals surface area contributed by atoms with Crippen molar-refractivity contribution in [2.45, 2.75) is 25.6 Å². The Labute approximate surface area is 177 Å². The van der Waals surface area contributed by atoms with Gasteiger partial charge in [0.1, 0.15) is 5.82 Å². The van der Waals surface area contributed by atoms with Crippen LogP contribution in [0.5, 0.6) is 0 Å². The van der Waals surface area contributed by atoms with Crippen LogP contribution in [-0.4, -0.2) is 19.5 Å². The quantitative estimate of drug-likeness (QED) is 0.393. The zero-order chi connectivity index (χ0) is 20.8. The minimum Gasteiger partial charge on any atom is -0.352 e. The zero-order valence-corrected chi connectivity index (χ0v) is 16.9. The molecule has 30 heavy (non-hydrogen) atoms. The predicted octanol–water partition coefficient (Wildman–Crippen LogP) is 5.88. The first kappa shape index (κ1) is 20.3. The number of fused-ring (bicyclic) bond motifs is 1. The molecule has 0 aliphatic carbocycles. The average molecular weight is 400 g/mol. The SMILES string of the molecule is C=CCC1COC(CCc2ccc(C#Cc3ccc4cc(F)ccc4c3)cc2)OC1. The van der Waals surface area contributed by atoms with Crippen LogP contribution in [0.2, 0.25) is 0 Å². The molecule has 0 spiro atoms. The van der Waals surface area contributed by atoms with E-state index < -0.39 is 0 Å². The molecular weight excluding hydrogens is 375 g/mol. The molecular formula is C27H25FO2. The Hall–Kier alpha value is -2.93. The fourth-order valence-electron chi connectivity index (χ4n) is 3.60. The number of hydrogen-bond acceptors (Lipinski definition) is 2. The number of hydrogen-bond donors (Lipinski definition) is 0. The van der Waals surface area contributed by atoms with Crippen LogP contribution in [0.1, 0.15) is 29.5 Å². The summed E-state index contributed by atoms with van der Waals surface area (Å²) in [6.45, 7) is 5.26. The second kappa shape index (κ2) is 9.71. The van der Waals surface area contributed by atoms with E-state index in [9.17, 15) is 4.39 Å². The highest BCUT2D eigenvalue weighted by Crippen LogP contribution is 2.19. The molecule has 0 radical (unpaired) electrons. The summed E-state index contributed by atoms with van der Waals surface area (Å²) >= 11 is 0.